The second-order valence-electron chi connectivity index (χ2n) is 4.77. The quantitative estimate of drug-likeness (QED) is 0.428. The molecule has 0 aliphatic heterocycles. The molecule has 0 saturated heterocycles. The number of rotatable bonds is 4. The monoisotopic (exact) mass is 199 g/mol. The molecule has 1 atom stereocenters. The average Bonchev–Trinajstić information content (AvgIpc) is 1.99. The molecule has 0 aliphatic rings. The lowest BCUT2D eigenvalue weighted by molar-refractivity contribution is -0.145. The molecular weight excluding hydrogens is 178 g/mol. The predicted molar refractivity (Wildman–Crippen MR) is 57.8 cm³/mol. The Kier molecular flexibility index (Phi) is 4.85. The smallest absolute Gasteiger partial charge is 0.334 e. The molecule has 3 nitrogen and oxygen atoms in total. The first kappa shape index (κ1) is 13.2. The summed E-state index contributed by atoms with van der Waals surface area (Å²) in [7, 11) is 0. The maximum Gasteiger partial charge on any atom is 0.334 e. The largest absolute Gasteiger partial charge is 0.444 e. The second kappa shape index (κ2) is 5.15. The van der Waals surface area contributed by atoms with Crippen molar-refractivity contribution in [2.75, 3.05) is 6.54 Å². The first-order valence-electron chi connectivity index (χ1n) is 4.82. The van der Waals surface area contributed by atoms with Crippen LogP contribution < -0.4 is 5.32 Å². The summed E-state index contributed by atoms with van der Waals surface area (Å²) in [6.45, 7) is 14.1. The molecular formula is C11H21NO2. The van der Waals surface area contributed by atoms with Gasteiger partial charge in [0.05, 0.1) is 0 Å². The lowest BCUT2D eigenvalue weighted by atomic mass is 9.97. The van der Waals surface area contributed by atoms with Gasteiger partial charge in [0.15, 0.2) is 6.23 Å². The van der Waals surface area contributed by atoms with Gasteiger partial charge in [0.25, 0.3) is 0 Å². The Morgan fingerprint density at radius 1 is 1.50 bits per heavy atom. The van der Waals surface area contributed by atoms with Crippen LogP contribution in [0.2, 0.25) is 0 Å². The minimum absolute atomic E-state index is 0.184. The van der Waals surface area contributed by atoms with E-state index >= 15 is 0 Å². The standard InChI is InChI=1S/C11H21NO2/c1-8(2)10(13)14-9(3)12-7-11(4,5)6/h9,12H,1,7H2,2-6H3. The van der Waals surface area contributed by atoms with Crippen molar-refractivity contribution in [2.45, 2.75) is 40.8 Å². The molecule has 0 radical (unpaired) electrons. The summed E-state index contributed by atoms with van der Waals surface area (Å²) in [6.07, 6.45) is -0.265. The summed E-state index contributed by atoms with van der Waals surface area (Å²) in [5.74, 6) is -0.348. The predicted octanol–water partition coefficient (Wildman–Crippen LogP) is 2.09. The third-order valence-corrected chi connectivity index (χ3v) is 1.55. The molecule has 1 N–H and O–H groups in total. The first-order chi connectivity index (χ1) is 6.22. The summed E-state index contributed by atoms with van der Waals surface area (Å²) in [5, 5.41) is 3.12. The molecule has 1 unspecified atom stereocenters. The Bertz CT molecular complexity index is 216. The molecule has 0 saturated carbocycles. The van der Waals surface area contributed by atoms with Crippen LogP contribution in [0.5, 0.6) is 0 Å². The highest BCUT2D eigenvalue weighted by atomic mass is 16.6. The van der Waals surface area contributed by atoms with Crippen molar-refractivity contribution >= 4 is 5.97 Å². The molecule has 0 heterocycles. The van der Waals surface area contributed by atoms with Crippen LogP contribution in [-0.4, -0.2) is 18.7 Å². The lowest BCUT2D eigenvalue weighted by Gasteiger charge is -2.22. The van der Waals surface area contributed by atoms with E-state index < -0.39 is 0 Å². The van der Waals surface area contributed by atoms with Crippen LogP contribution in [0.4, 0.5) is 0 Å². The molecule has 3 heteroatoms. The minimum Gasteiger partial charge on any atom is -0.444 e. The van der Waals surface area contributed by atoms with E-state index in [1.54, 1.807) is 6.92 Å². The number of nitrogens with one attached hydrogen (secondary N) is 1. The van der Waals surface area contributed by atoms with E-state index in [0.717, 1.165) is 6.54 Å². The SMILES string of the molecule is C=C(C)C(=O)OC(C)NCC(C)(C)C. The van der Waals surface area contributed by atoms with Crippen molar-refractivity contribution in [1.29, 1.82) is 0 Å². The van der Waals surface area contributed by atoms with Crippen molar-refractivity contribution in [3.8, 4) is 0 Å². The molecule has 82 valence electrons. The van der Waals surface area contributed by atoms with Crippen molar-refractivity contribution in [1.82, 2.24) is 5.32 Å². The van der Waals surface area contributed by atoms with Crippen LogP contribution >= 0.6 is 0 Å². The molecule has 14 heavy (non-hydrogen) atoms. The number of carbonyl (C=O) groups is 1. The zero-order valence-corrected chi connectivity index (χ0v) is 9.81. The Morgan fingerprint density at radius 3 is 2.36 bits per heavy atom. The topological polar surface area (TPSA) is 38.3 Å². The highest BCUT2D eigenvalue weighted by Crippen LogP contribution is 2.10. The van der Waals surface area contributed by atoms with Gasteiger partial charge in [0.1, 0.15) is 0 Å². The van der Waals surface area contributed by atoms with Gasteiger partial charge < -0.3 is 4.74 Å². The Balaban J connectivity index is 3.82. The summed E-state index contributed by atoms with van der Waals surface area (Å²) < 4.78 is 5.06. The highest BCUT2D eigenvalue weighted by Gasteiger charge is 2.14. The maximum atomic E-state index is 11.1. The van der Waals surface area contributed by atoms with Crippen LogP contribution in [0.15, 0.2) is 12.2 Å². The first-order valence-corrected chi connectivity index (χ1v) is 4.82. The normalized spacial score (nSPS) is 13.5. The molecule has 0 aliphatic carbocycles. The van der Waals surface area contributed by atoms with Gasteiger partial charge in [0, 0.05) is 12.1 Å². The fourth-order valence-electron chi connectivity index (χ4n) is 0.753. The maximum absolute atomic E-state index is 11.1. The van der Waals surface area contributed by atoms with Gasteiger partial charge in [0.2, 0.25) is 0 Å². The zero-order valence-electron chi connectivity index (χ0n) is 9.81. The number of ether oxygens (including phenoxy) is 1. The van der Waals surface area contributed by atoms with Crippen LogP contribution in [0.1, 0.15) is 34.6 Å². The molecule has 0 spiro atoms. The van der Waals surface area contributed by atoms with Gasteiger partial charge in [-0.15, -0.1) is 0 Å². The number of carbonyl (C=O) groups excluding carboxylic acids is 1. The summed E-state index contributed by atoms with van der Waals surface area (Å²) in [6, 6.07) is 0. The van der Waals surface area contributed by atoms with Crippen molar-refractivity contribution in [3.05, 3.63) is 12.2 Å². The summed E-state index contributed by atoms with van der Waals surface area (Å²) in [4.78, 5) is 11.1. The minimum atomic E-state index is -0.348. The van der Waals surface area contributed by atoms with E-state index in [1.807, 2.05) is 6.92 Å². The van der Waals surface area contributed by atoms with E-state index in [1.165, 1.54) is 0 Å². The Morgan fingerprint density at radius 2 is 2.00 bits per heavy atom. The second-order valence-corrected chi connectivity index (χ2v) is 4.77. The third kappa shape index (κ3) is 6.66. The van der Waals surface area contributed by atoms with Crippen LogP contribution in [0.25, 0.3) is 0 Å². The van der Waals surface area contributed by atoms with Crippen molar-refractivity contribution < 1.29 is 9.53 Å². The van der Waals surface area contributed by atoms with Crippen LogP contribution in [0.3, 0.4) is 0 Å². The van der Waals surface area contributed by atoms with E-state index in [0.29, 0.717) is 5.57 Å². The molecule has 0 bridgehead atoms. The number of hydrogen-bond acceptors (Lipinski definition) is 3. The molecule has 0 aromatic carbocycles. The van der Waals surface area contributed by atoms with Gasteiger partial charge in [-0.25, -0.2) is 4.79 Å². The molecule has 0 aromatic heterocycles. The summed E-state index contributed by atoms with van der Waals surface area (Å²) >= 11 is 0. The molecule has 0 fully saturated rings. The van der Waals surface area contributed by atoms with Crippen molar-refractivity contribution in [2.24, 2.45) is 5.41 Å². The third-order valence-electron chi connectivity index (χ3n) is 1.55. The van der Waals surface area contributed by atoms with E-state index in [-0.39, 0.29) is 17.6 Å². The number of esters is 1. The molecule has 0 amide bonds. The summed E-state index contributed by atoms with van der Waals surface area (Å²) in [5.41, 5.74) is 0.610. The molecule has 0 rings (SSSR count). The van der Waals surface area contributed by atoms with Crippen molar-refractivity contribution in [3.63, 3.8) is 0 Å². The average molecular weight is 199 g/mol. The van der Waals surface area contributed by atoms with Gasteiger partial charge in [-0.05, 0) is 19.3 Å². The van der Waals surface area contributed by atoms with E-state index in [2.05, 4.69) is 32.7 Å². The number of hydrogen-bond donors (Lipinski definition) is 1. The highest BCUT2D eigenvalue weighted by molar-refractivity contribution is 5.87. The van der Waals surface area contributed by atoms with E-state index in [9.17, 15) is 4.79 Å². The van der Waals surface area contributed by atoms with Crippen LogP contribution in [0, 0.1) is 5.41 Å². The molecule has 0 aromatic rings. The van der Waals surface area contributed by atoms with Gasteiger partial charge in [-0.3, -0.25) is 5.32 Å². The van der Waals surface area contributed by atoms with Gasteiger partial charge >= 0.3 is 5.97 Å². The van der Waals surface area contributed by atoms with E-state index in [4.69, 9.17) is 4.74 Å². The van der Waals surface area contributed by atoms with Gasteiger partial charge in [-0.1, -0.05) is 27.4 Å². The Hall–Kier alpha value is -0.830. The lowest BCUT2D eigenvalue weighted by Crippen LogP contribution is -2.37. The zero-order chi connectivity index (χ0) is 11.4. The fourth-order valence-corrected chi connectivity index (χ4v) is 0.753. The Labute approximate surface area is 86.5 Å². The van der Waals surface area contributed by atoms with Crippen LogP contribution in [-0.2, 0) is 9.53 Å². The fraction of sp³-hybridized carbons (Fsp3) is 0.727. The van der Waals surface area contributed by atoms with Gasteiger partial charge in [-0.2, -0.15) is 0 Å².